The van der Waals surface area contributed by atoms with Gasteiger partial charge in [0.1, 0.15) is 5.01 Å². The Kier molecular flexibility index (Phi) is 5.33. The standard InChI is InChI=1S/C14H26N4S/c1-4-17-5-7-18(8-6-17)10-13-16-14(11(2)3)12(9-15)19-13/h11H,4-10,15H2,1-3H3. The maximum absolute atomic E-state index is 5.82. The van der Waals surface area contributed by atoms with Crippen LogP contribution in [0.25, 0.3) is 0 Å². The highest BCUT2D eigenvalue weighted by Crippen LogP contribution is 2.25. The molecule has 0 bridgehead atoms. The van der Waals surface area contributed by atoms with Gasteiger partial charge in [0.15, 0.2) is 0 Å². The van der Waals surface area contributed by atoms with E-state index in [-0.39, 0.29) is 0 Å². The van der Waals surface area contributed by atoms with Gasteiger partial charge >= 0.3 is 0 Å². The van der Waals surface area contributed by atoms with Crippen LogP contribution in [0.15, 0.2) is 0 Å². The average molecular weight is 282 g/mol. The number of hydrogen-bond donors (Lipinski definition) is 1. The Balaban J connectivity index is 1.96. The van der Waals surface area contributed by atoms with Crippen LogP contribution in [-0.4, -0.2) is 47.5 Å². The minimum atomic E-state index is 0.473. The van der Waals surface area contributed by atoms with Gasteiger partial charge in [0.05, 0.1) is 12.2 Å². The molecule has 0 spiro atoms. The maximum atomic E-state index is 5.82. The van der Waals surface area contributed by atoms with E-state index in [1.807, 2.05) is 0 Å². The smallest absolute Gasteiger partial charge is 0.107 e. The Morgan fingerprint density at radius 2 is 1.84 bits per heavy atom. The van der Waals surface area contributed by atoms with E-state index in [4.69, 9.17) is 10.7 Å². The number of likely N-dealkylation sites (N-methyl/N-ethyl adjacent to an activating group) is 1. The van der Waals surface area contributed by atoms with Gasteiger partial charge < -0.3 is 10.6 Å². The monoisotopic (exact) mass is 282 g/mol. The Bertz CT molecular complexity index is 394. The molecule has 1 saturated heterocycles. The molecule has 2 heterocycles. The molecule has 1 aliphatic heterocycles. The number of nitrogens with two attached hydrogens (primary N) is 1. The zero-order valence-electron chi connectivity index (χ0n) is 12.4. The summed E-state index contributed by atoms with van der Waals surface area (Å²) >= 11 is 1.80. The van der Waals surface area contributed by atoms with Crippen LogP contribution in [0, 0.1) is 0 Å². The molecule has 1 fully saturated rings. The van der Waals surface area contributed by atoms with Gasteiger partial charge in [-0.25, -0.2) is 4.98 Å². The lowest BCUT2D eigenvalue weighted by Gasteiger charge is -2.33. The van der Waals surface area contributed by atoms with Crippen molar-refractivity contribution in [3.63, 3.8) is 0 Å². The second-order valence-corrected chi connectivity index (χ2v) is 6.65. The van der Waals surface area contributed by atoms with E-state index < -0.39 is 0 Å². The minimum Gasteiger partial charge on any atom is -0.326 e. The first kappa shape index (κ1) is 14.9. The van der Waals surface area contributed by atoms with Crippen LogP contribution < -0.4 is 5.73 Å². The molecule has 1 aliphatic rings. The van der Waals surface area contributed by atoms with Crippen molar-refractivity contribution in [2.75, 3.05) is 32.7 Å². The van der Waals surface area contributed by atoms with Crippen molar-refractivity contribution < 1.29 is 0 Å². The van der Waals surface area contributed by atoms with E-state index in [1.165, 1.54) is 35.2 Å². The molecule has 0 saturated carbocycles. The Morgan fingerprint density at radius 3 is 2.32 bits per heavy atom. The fraction of sp³-hybridized carbons (Fsp3) is 0.786. The topological polar surface area (TPSA) is 45.4 Å². The molecule has 0 radical (unpaired) electrons. The molecular weight excluding hydrogens is 256 g/mol. The number of piperazine rings is 1. The van der Waals surface area contributed by atoms with Crippen LogP contribution >= 0.6 is 11.3 Å². The predicted molar refractivity (Wildman–Crippen MR) is 81.5 cm³/mol. The molecule has 2 rings (SSSR count). The van der Waals surface area contributed by atoms with Gasteiger partial charge in [0.2, 0.25) is 0 Å². The third-order valence-corrected chi connectivity index (χ3v) is 4.85. The number of nitrogens with zero attached hydrogens (tertiary/aromatic N) is 3. The molecule has 19 heavy (non-hydrogen) atoms. The van der Waals surface area contributed by atoms with Crippen molar-refractivity contribution in [2.45, 2.75) is 39.8 Å². The highest BCUT2D eigenvalue weighted by Gasteiger charge is 2.18. The van der Waals surface area contributed by atoms with Gasteiger partial charge in [-0.2, -0.15) is 0 Å². The average Bonchev–Trinajstić information content (AvgIpc) is 2.83. The summed E-state index contributed by atoms with van der Waals surface area (Å²) in [6.45, 7) is 14.1. The predicted octanol–water partition coefficient (Wildman–Crippen LogP) is 1.86. The molecule has 4 nitrogen and oxygen atoms in total. The van der Waals surface area contributed by atoms with Crippen LogP contribution in [0.3, 0.4) is 0 Å². The lowest BCUT2D eigenvalue weighted by atomic mass is 10.1. The van der Waals surface area contributed by atoms with E-state index in [9.17, 15) is 0 Å². The number of aromatic nitrogens is 1. The van der Waals surface area contributed by atoms with Crippen molar-refractivity contribution in [2.24, 2.45) is 5.73 Å². The fourth-order valence-electron chi connectivity index (χ4n) is 2.53. The quantitative estimate of drug-likeness (QED) is 0.895. The van der Waals surface area contributed by atoms with E-state index >= 15 is 0 Å². The van der Waals surface area contributed by atoms with Crippen molar-refractivity contribution in [3.05, 3.63) is 15.6 Å². The van der Waals surface area contributed by atoms with Crippen molar-refractivity contribution in [1.29, 1.82) is 0 Å². The summed E-state index contributed by atoms with van der Waals surface area (Å²) < 4.78 is 0. The van der Waals surface area contributed by atoms with Gasteiger partial charge in [-0.1, -0.05) is 20.8 Å². The molecule has 0 aromatic carbocycles. The maximum Gasteiger partial charge on any atom is 0.107 e. The summed E-state index contributed by atoms with van der Waals surface area (Å²) in [4.78, 5) is 11.1. The largest absolute Gasteiger partial charge is 0.326 e. The molecule has 0 amide bonds. The van der Waals surface area contributed by atoms with Crippen LogP contribution in [-0.2, 0) is 13.1 Å². The molecule has 0 unspecified atom stereocenters. The van der Waals surface area contributed by atoms with Gasteiger partial charge in [0.25, 0.3) is 0 Å². The zero-order valence-corrected chi connectivity index (χ0v) is 13.2. The van der Waals surface area contributed by atoms with Crippen LogP contribution in [0.1, 0.15) is 42.3 Å². The van der Waals surface area contributed by atoms with E-state index in [0.717, 1.165) is 19.6 Å². The highest BCUT2D eigenvalue weighted by molar-refractivity contribution is 7.11. The van der Waals surface area contributed by atoms with Gasteiger partial charge in [0, 0.05) is 37.6 Å². The third-order valence-electron chi connectivity index (χ3n) is 3.78. The first-order chi connectivity index (χ1) is 9.13. The van der Waals surface area contributed by atoms with E-state index in [1.54, 1.807) is 11.3 Å². The summed E-state index contributed by atoms with van der Waals surface area (Å²) in [5.41, 5.74) is 7.02. The lowest BCUT2D eigenvalue weighted by molar-refractivity contribution is 0.132. The second-order valence-electron chi connectivity index (χ2n) is 5.49. The first-order valence-corrected chi connectivity index (χ1v) is 8.09. The molecule has 1 aromatic heterocycles. The normalized spacial score (nSPS) is 18.4. The summed E-state index contributed by atoms with van der Waals surface area (Å²) in [5, 5.41) is 1.23. The summed E-state index contributed by atoms with van der Waals surface area (Å²) in [5.74, 6) is 0.473. The third kappa shape index (κ3) is 3.75. The molecule has 0 aliphatic carbocycles. The second kappa shape index (κ2) is 6.79. The zero-order chi connectivity index (χ0) is 13.8. The molecule has 5 heteroatoms. The van der Waals surface area contributed by atoms with Crippen molar-refractivity contribution in [1.82, 2.24) is 14.8 Å². The Hall–Kier alpha value is -0.490. The summed E-state index contributed by atoms with van der Waals surface area (Å²) in [7, 11) is 0. The summed E-state index contributed by atoms with van der Waals surface area (Å²) in [6, 6.07) is 0. The Labute approximate surface area is 120 Å². The number of rotatable bonds is 5. The highest BCUT2D eigenvalue weighted by atomic mass is 32.1. The van der Waals surface area contributed by atoms with Gasteiger partial charge in [-0.3, -0.25) is 4.90 Å². The lowest BCUT2D eigenvalue weighted by Crippen LogP contribution is -2.45. The van der Waals surface area contributed by atoms with Crippen molar-refractivity contribution >= 4 is 11.3 Å². The van der Waals surface area contributed by atoms with Crippen LogP contribution in [0.2, 0.25) is 0 Å². The van der Waals surface area contributed by atoms with Crippen molar-refractivity contribution in [3.8, 4) is 0 Å². The molecule has 108 valence electrons. The first-order valence-electron chi connectivity index (χ1n) is 7.27. The van der Waals surface area contributed by atoms with Crippen LogP contribution in [0.4, 0.5) is 0 Å². The molecular formula is C14H26N4S. The summed E-state index contributed by atoms with van der Waals surface area (Å²) in [6.07, 6.45) is 0. The van der Waals surface area contributed by atoms with Gasteiger partial charge in [-0.15, -0.1) is 11.3 Å². The fourth-order valence-corrected chi connectivity index (χ4v) is 3.68. The molecule has 0 atom stereocenters. The van der Waals surface area contributed by atoms with E-state index in [0.29, 0.717) is 12.5 Å². The number of hydrogen-bond acceptors (Lipinski definition) is 5. The van der Waals surface area contributed by atoms with Gasteiger partial charge in [-0.05, 0) is 12.5 Å². The molecule has 2 N–H and O–H groups in total. The van der Waals surface area contributed by atoms with E-state index in [2.05, 4.69) is 30.6 Å². The SMILES string of the molecule is CCN1CCN(Cc2nc(C(C)C)c(CN)s2)CC1. The molecule has 1 aromatic rings. The Morgan fingerprint density at radius 1 is 1.21 bits per heavy atom. The minimum absolute atomic E-state index is 0.473. The number of thiazole rings is 1. The van der Waals surface area contributed by atoms with Crippen LogP contribution in [0.5, 0.6) is 0 Å².